The number of para-hydroxylation sites is 1. The van der Waals surface area contributed by atoms with Crippen LogP contribution in [0.4, 0.5) is 15.8 Å². The molecule has 3 N–H and O–H groups in total. The Morgan fingerprint density at radius 3 is 2.94 bits per heavy atom. The van der Waals surface area contributed by atoms with Crippen molar-refractivity contribution in [2.75, 3.05) is 10.6 Å². The summed E-state index contributed by atoms with van der Waals surface area (Å²) < 4.78 is 13.3. The highest BCUT2D eigenvalue weighted by Gasteiger charge is 2.27. The molecule has 5 nitrogen and oxygen atoms in total. The van der Waals surface area contributed by atoms with Gasteiger partial charge < -0.3 is 15.7 Å². The molecule has 1 aromatic rings. The maximum absolute atomic E-state index is 13.3. The number of hydrogen-bond donors (Lipinski definition) is 3. The fourth-order valence-corrected chi connectivity index (χ4v) is 1.71. The summed E-state index contributed by atoms with van der Waals surface area (Å²) in [6.45, 7) is 0. The second kappa shape index (κ2) is 4.40. The van der Waals surface area contributed by atoms with Crippen LogP contribution >= 0.6 is 0 Å². The first-order valence-corrected chi connectivity index (χ1v) is 5.15. The van der Waals surface area contributed by atoms with Gasteiger partial charge in [0, 0.05) is 6.42 Å². The van der Waals surface area contributed by atoms with Gasteiger partial charge in [-0.1, -0.05) is 6.07 Å². The minimum atomic E-state index is -0.968. The number of fused-ring (bicyclic) bond motifs is 1. The summed E-state index contributed by atoms with van der Waals surface area (Å²) in [7, 11) is 0. The summed E-state index contributed by atoms with van der Waals surface area (Å²) in [6, 6.07) is 3.76. The predicted molar refractivity (Wildman–Crippen MR) is 59.3 cm³/mol. The number of carboxylic acid groups (broad SMARTS) is 1. The van der Waals surface area contributed by atoms with E-state index in [9.17, 15) is 14.0 Å². The van der Waals surface area contributed by atoms with E-state index in [-0.39, 0.29) is 18.5 Å². The van der Waals surface area contributed by atoms with Crippen LogP contribution in [0.1, 0.15) is 12.8 Å². The second-order valence-corrected chi connectivity index (χ2v) is 3.78. The van der Waals surface area contributed by atoms with Gasteiger partial charge in [-0.15, -0.1) is 0 Å². The number of aliphatic carboxylic acids is 1. The lowest BCUT2D eigenvalue weighted by Gasteiger charge is -2.26. The molecule has 17 heavy (non-hydrogen) atoms. The number of rotatable bonds is 3. The maximum atomic E-state index is 13.3. The number of amides is 1. The van der Waals surface area contributed by atoms with E-state index in [1.165, 1.54) is 12.1 Å². The Morgan fingerprint density at radius 2 is 2.24 bits per heavy atom. The molecule has 6 heteroatoms. The van der Waals surface area contributed by atoms with Gasteiger partial charge in [0.05, 0.1) is 5.69 Å². The zero-order valence-corrected chi connectivity index (χ0v) is 8.87. The van der Waals surface area contributed by atoms with E-state index in [4.69, 9.17) is 5.11 Å². The van der Waals surface area contributed by atoms with Gasteiger partial charge in [0.15, 0.2) is 0 Å². The van der Waals surface area contributed by atoms with Crippen molar-refractivity contribution in [2.24, 2.45) is 0 Å². The largest absolute Gasteiger partial charge is 0.481 e. The molecule has 0 bridgehead atoms. The predicted octanol–water partition coefficient (Wildman–Crippen LogP) is 1.42. The van der Waals surface area contributed by atoms with Crippen LogP contribution in [0.15, 0.2) is 18.2 Å². The van der Waals surface area contributed by atoms with Crippen LogP contribution in [0.2, 0.25) is 0 Å². The molecule has 1 amide bonds. The molecule has 1 atom stereocenters. The van der Waals surface area contributed by atoms with Crippen LogP contribution in [0.5, 0.6) is 0 Å². The van der Waals surface area contributed by atoms with E-state index in [1.54, 1.807) is 6.07 Å². The van der Waals surface area contributed by atoms with E-state index in [1.807, 2.05) is 0 Å². The van der Waals surface area contributed by atoms with Crippen LogP contribution in [-0.2, 0) is 9.59 Å². The van der Waals surface area contributed by atoms with Crippen LogP contribution in [0.3, 0.4) is 0 Å². The van der Waals surface area contributed by atoms with E-state index < -0.39 is 23.7 Å². The number of carboxylic acids is 1. The zero-order chi connectivity index (χ0) is 12.4. The lowest BCUT2D eigenvalue weighted by molar-refractivity contribution is -0.137. The summed E-state index contributed by atoms with van der Waals surface area (Å²) >= 11 is 0. The minimum Gasteiger partial charge on any atom is -0.481 e. The molecular weight excluding hydrogens is 227 g/mol. The fraction of sp³-hybridized carbons (Fsp3) is 0.273. The molecule has 1 aromatic carbocycles. The highest BCUT2D eigenvalue weighted by molar-refractivity contribution is 6.03. The molecule has 1 heterocycles. The summed E-state index contributed by atoms with van der Waals surface area (Å²) in [5.41, 5.74) is 0.587. The second-order valence-electron chi connectivity index (χ2n) is 3.78. The average Bonchev–Trinajstić information content (AvgIpc) is 2.28. The number of anilines is 2. The van der Waals surface area contributed by atoms with Crippen LogP contribution in [0.25, 0.3) is 0 Å². The summed E-state index contributed by atoms with van der Waals surface area (Å²) in [4.78, 5) is 22.0. The molecule has 0 saturated carbocycles. The van der Waals surface area contributed by atoms with Gasteiger partial charge in [-0.3, -0.25) is 9.59 Å². The maximum Gasteiger partial charge on any atom is 0.303 e. The van der Waals surface area contributed by atoms with Gasteiger partial charge in [0.1, 0.15) is 17.5 Å². The summed E-state index contributed by atoms with van der Waals surface area (Å²) in [6.07, 6.45) is 0.0485. The quantitative estimate of drug-likeness (QED) is 0.744. The van der Waals surface area contributed by atoms with Crippen molar-refractivity contribution in [1.82, 2.24) is 0 Å². The number of halogens is 1. The molecule has 0 aromatic heterocycles. The Hall–Kier alpha value is -2.11. The normalized spacial score (nSPS) is 17.9. The molecule has 1 aliphatic rings. The van der Waals surface area contributed by atoms with Crippen molar-refractivity contribution < 1.29 is 19.1 Å². The first-order chi connectivity index (χ1) is 8.08. The molecule has 1 aliphatic heterocycles. The van der Waals surface area contributed by atoms with Gasteiger partial charge in [0.25, 0.3) is 0 Å². The lowest BCUT2D eigenvalue weighted by Crippen LogP contribution is -2.39. The van der Waals surface area contributed by atoms with Crippen molar-refractivity contribution >= 4 is 23.3 Å². The Labute approximate surface area is 96.6 Å². The smallest absolute Gasteiger partial charge is 0.303 e. The number of nitrogens with one attached hydrogen (secondary N) is 2. The molecule has 1 unspecified atom stereocenters. The summed E-state index contributed by atoms with van der Waals surface area (Å²) in [5.74, 6) is -1.89. The fourth-order valence-electron chi connectivity index (χ4n) is 1.71. The molecule has 2 rings (SSSR count). The Balaban J connectivity index is 2.16. The van der Waals surface area contributed by atoms with E-state index >= 15 is 0 Å². The number of carbonyl (C=O) groups is 2. The average molecular weight is 238 g/mol. The zero-order valence-electron chi connectivity index (χ0n) is 8.87. The van der Waals surface area contributed by atoms with Crippen molar-refractivity contribution in [2.45, 2.75) is 18.9 Å². The molecule has 0 spiro atoms. The minimum absolute atomic E-state index is 0.115. The molecule has 0 fully saturated rings. The molecule has 0 radical (unpaired) electrons. The SMILES string of the molecule is O=C(O)CCC1Nc2cccc(F)c2NC1=O. The van der Waals surface area contributed by atoms with Crippen molar-refractivity contribution in [3.8, 4) is 0 Å². The molecule has 90 valence electrons. The highest BCUT2D eigenvalue weighted by atomic mass is 19.1. The third-order valence-electron chi connectivity index (χ3n) is 2.55. The highest BCUT2D eigenvalue weighted by Crippen LogP contribution is 2.29. The third-order valence-corrected chi connectivity index (χ3v) is 2.55. The molecule has 0 aliphatic carbocycles. The monoisotopic (exact) mass is 238 g/mol. The van der Waals surface area contributed by atoms with E-state index in [2.05, 4.69) is 10.6 Å². The van der Waals surface area contributed by atoms with Gasteiger partial charge >= 0.3 is 5.97 Å². The Kier molecular flexibility index (Phi) is 2.95. The van der Waals surface area contributed by atoms with Gasteiger partial charge in [-0.2, -0.15) is 0 Å². The van der Waals surface area contributed by atoms with Gasteiger partial charge in [0.2, 0.25) is 5.91 Å². The summed E-state index contributed by atoms with van der Waals surface area (Å²) in [5, 5.41) is 13.8. The molecule has 0 saturated heterocycles. The topological polar surface area (TPSA) is 78.4 Å². The number of hydrogen-bond acceptors (Lipinski definition) is 3. The van der Waals surface area contributed by atoms with Crippen LogP contribution in [-0.4, -0.2) is 23.0 Å². The van der Waals surface area contributed by atoms with Crippen LogP contribution < -0.4 is 10.6 Å². The number of carbonyl (C=O) groups excluding carboxylic acids is 1. The first-order valence-electron chi connectivity index (χ1n) is 5.15. The first kappa shape index (κ1) is 11.4. The van der Waals surface area contributed by atoms with E-state index in [0.717, 1.165) is 0 Å². The molecular formula is C11H11FN2O3. The lowest BCUT2D eigenvalue weighted by atomic mass is 10.1. The van der Waals surface area contributed by atoms with E-state index in [0.29, 0.717) is 5.69 Å². The van der Waals surface area contributed by atoms with Gasteiger partial charge in [-0.05, 0) is 18.6 Å². The van der Waals surface area contributed by atoms with Crippen molar-refractivity contribution in [3.05, 3.63) is 24.0 Å². The standard InChI is InChI=1S/C11H11FN2O3/c12-6-2-1-3-7-10(6)14-11(17)8(13-7)4-5-9(15)16/h1-3,8,13H,4-5H2,(H,14,17)(H,15,16). The Bertz CT molecular complexity index is 476. The Morgan fingerprint density at radius 1 is 1.47 bits per heavy atom. The third kappa shape index (κ3) is 2.35. The van der Waals surface area contributed by atoms with Crippen LogP contribution in [0, 0.1) is 5.82 Å². The van der Waals surface area contributed by atoms with Gasteiger partial charge in [-0.25, -0.2) is 4.39 Å². The number of benzene rings is 1. The van der Waals surface area contributed by atoms with Crippen molar-refractivity contribution in [3.63, 3.8) is 0 Å². The van der Waals surface area contributed by atoms with Crippen molar-refractivity contribution in [1.29, 1.82) is 0 Å².